The molecular formula is C8H16N4OS. The lowest BCUT2D eigenvalue weighted by Gasteiger charge is -2.16. The lowest BCUT2D eigenvalue weighted by molar-refractivity contribution is 0.396. The SMILES string of the molecule is CN(C)CCCN(C)c1noc(=S)[nH]1. The van der Waals surface area contributed by atoms with Gasteiger partial charge in [-0.2, -0.15) is 0 Å². The van der Waals surface area contributed by atoms with Gasteiger partial charge in [-0.1, -0.05) is 0 Å². The van der Waals surface area contributed by atoms with E-state index in [0.29, 0.717) is 10.8 Å². The fourth-order valence-electron chi connectivity index (χ4n) is 1.12. The molecule has 6 heteroatoms. The van der Waals surface area contributed by atoms with E-state index in [1.807, 2.05) is 11.9 Å². The summed E-state index contributed by atoms with van der Waals surface area (Å²) in [7, 11) is 6.08. The van der Waals surface area contributed by atoms with Crippen molar-refractivity contribution in [3.05, 3.63) is 4.84 Å². The predicted molar refractivity (Wildman–Crippen MR) is 58.1 cm³/mol. The van der Waals surface area contributed by atoms with Crippen LogP contribution in [0.25, 0.3) is 0 Å². The average Bonchev–Trinajstić information content (AvgIpc) is 2.51. The van der Waals surface area contributed by atoms with Gasteiger partial charge in [0.05, 0.1) is 0 Å². The summed E-state index contributed by atoms with van der Waals surface area (Å²) in [6.45, 7) is 1.99. The summed E-state index contributed by atoms with van der Waals surface area (Å²) in [5, 5.41) is 3.79. The van der Waals surface area contributed by atoms with Gasteiger partial charge in [-0.15, -0.1) is 0 Å². The van der Waals surface area contributed by atoms with Crippen LogP contribution in [0.1, 0.15) is 6.42 Å². The molecule has 1 aromatic rings. The van der Waals surface area contributed by atoms with Crippen molar-refractivity contribution in [2.75, 3.05) is 39.1 Å². The summed E-state index contributed by atoms with van der Waals surface area (Å²) in [4.78, 5) is 7.32. The molecule has 0 amide bonds. The minimum absolute atomic E-state index is 0.319. The quantitative estimate of drug-likeness (QED) is 0.747. The van der Waals surface area contributed by atoms with Gasteiger partial charge in [0.1, 0.15) is 0 Å². The van der Waals surface area contributed by atoms with Crippen molar-refractivity contribution in [3.63, 3.8) is 0 Å². The van der Waals surface area contributed by atoms with Crippen molar-refractivity contribution in [1.29, 1.82) is 0 Å². The predicted octanol–water partition coefficient (Wildman–Crippen LogP) is 1.12. The van der Waals surface area contributed by atoms with E-state index >= 15 is 0 Å². The summed E-state index contributed by atoms with van der Waals surface area (Å²) >= 11 is 4.79. The first-order valence-electron chi connectivity index (χ1n) is 4.51. The molecule has 0 unspecified atom stereocenters. The zero-order chi connectivity index (χ0) is 10.6. The first-order valence-corrected chi connectivity index (χ1v) is 4.92. The molecule has 0 aliphatic carbocycles. The number of hydrogen-bond donors (Lipinski definition) is 1. The van der Waals surface area contributed by atoms with Crippen molar-refractivity contribution in [2.24, 2.45) is 0 Å². The Balaban J connectivity index is 2.35. The number of hydrogen-bond acceptors (Lipinski definition) is 5. The van der Waals surface area contributed by atoms with Crippen molar-refractivity contribution < 1.29 is 4.52 Å². The molecule has 0 aromatic carbocycles. The molecular weight excluding hydrogens is 200 g/mol. The second-order valence-corrected chi connectivity index (χ2v) is 3.87. The number of rotatable bonds is 5. The van der Waals surface area contributed by atoms with Gasteiger partial charge in [-0.05, 0) is 44.4 Å². The summed E-state index contributed by atoms with van der Waals surface area (Å²) in [5.41, 5.74) is 0. The molecule has 0 spiro atoms. The minimum Gasteiger partial charge on any atom is -0.343 e. The highest BCUT2D eigenvalue weighted by Gasteiger charge is 2.04. The van der Waals surface area contributed by atoms with Crippen molar-refractivity contribution >= 4 is 18.2 Å². The number of anilines is 1. The van der Waals surface area contributed by atoms with Crippen LogP contribution in [0.5, 0.6) is 0 Å². The maximum absolute atomic E-state index is 4.79. The summed E-state index contributed by atoms with van der Waals surface area (Å²) in [6.07, 6.45) is 1.08. The molecule has 0 atom stereocenters. The van der Waals surface area contributed by atoms with Crippen molar-refractivity contribution in [3.8, 4) is 0 Å². The average molecular weight is 216 g/mol. The fraction of sp³-hybridized carbons (Fsp3) is 0.750. The number of nitrogens with one attached hydrogen (secondary N) is 1. The van der Waals surface area contributed by atoms with E-state index < -0.39 is 0 Å². The van der Waals surface area contributed by atoms with E-state index in [4.69, 9.17) is 16.7 Å². The van der Waals surface area contributed by atoms with E-state index in [9.17, 15) is 0 Å². The normalized spacial score (nSPS) is 10.9. The minimum atomic E-state index is 0.319. The highest BCUT2D eigenvalue weighted by Crippen LogP contribution is 2.04. The standard InChI is InChI=1S/C8H16N4OS/c1-11(2)5-4-6-12(3)7-9-8(14)13-10-7/h4-6H2,1-3H3,(H,9,10,14). The Bertz CT molecular complexity index is 319. The maximum atomic E-state index is 4.79. The third-order valence-corrected chi connectivity index (χ3v) is 2.07. The number of aromatic amines is 1. The van der Waals surface area contributed by atoms with E-state index in [0.717, 1.165) is 19.5 Å². The molecule has 1 heterocycles. The molecule has 1 N–H and O–H groups in total. The van der Waals surface area contributed by atoms with Crippen LogP contribution in [0, 0.1) is 4.84 Å². The second kappa shape index (κ2) is 5.11. The molecule has 0 fully saturated rings. The Kier molecular flexibility index (Phi) is 4.09. The molecule has 0 aliphatic rings. The Labute approximate surface area is 88.7 Å². The zero-order valence-electron chi connectivity index (χ0n) is 8.78. The number of nitrogens with zero attached hydrogens (tertiary/aromatic N) is 3. The van der Waals surface area contributed by atoms with E-state index in [1.165, 1.54) is 0 Å². The number of aromatic nitrogens is 2. The smallest absolute Gasteiger partial charge is 0.296 e. The van der Waals surface area contributed by atoms with Crippen molar-refractivity contribution in [2.45, 2.75) is 6.42 Å². The largest absolute Gasteiger partial charge is 0.343 e. The molecule has 0 radical (unpaired) electrons. The highest BCUT2D eigenvalue weighted by atomic mass is 32.1. The third kappa shape index (κ3) is 3.47. The van der Waals surface area contributed by atoms with Crippen molar-refractivity contribution in [1.82, 2.24) is 15.0 Å². The highest BCUT2D eigenvalue weighted by molar-refractivity contribution is 7.71. The maximum Gasteiger partial charge on any atom is 0.296 e. The van der Waals surface area contributed by atoms with Gasteiger partial charge in [-0.3, -0.25) is 4.98 Å². The third-order valence-electron chi connectivity index (χ3n) is 1.89. The van der Waals surface area contributed by atoms with Crippen LogP contribution in [-0.2, 0) is 0 Å². The molecule has 0 bridgehead atoms. The Morgan fingerprint density at radius 1 is 1.36 bits per heavy atom. The van der Waals surface area contributed by atoms with Gasteiger partial charge in [0, 0.05) is 13.6 Å². The van der Waals surface area contributed by atoms with Crippen LogP contribution >= 0.6 is 12.2 Å². The summed E-state index contributed by atoms with van der Waals surface area (Å²) < 4.78 is 4.77. The van der Waals surface area contributed by atoms with Crippen LogP contribution in [0.4, 0.5) is 5.95 Å². The number of H-pyrrole nitrogens is 1. The molecule has 14 heavy (non-hydrogen) atoms. The Hall–Kier alpha value is -0.880. The first kappa shape index (κ1) is 11.2. The zero-order valence-corrected chi connectivity index (χ0v) is 9.60. The van der Waals surface area contributed by atoms with Gasteiger partial charge >= 0.3 is 0 Å². The van der Waals surface area contributed by atoms with Gasteiger partial charge in [0.25, 0.3) is 4.84 Å². The van der Waals surface area contributed by atoms with Crippen LogP contribution in [0.15, 0.2) is 4.52 Å². The van der Waals surface area contributed by atoms with E-state index in [2.05, 4.69) is 29.1 Å². The lowest BCUT2D eigenvalue weighted by atomic mass is 10.4. The van der Waals surface area contributed by atoms with Crippen LogP contribution in [-0.4, -0.2) is 49.3 Å². The van der Waals surface area contributed by atoms with E-state index in [1.54, 1.807) is 0 Å². The molecule has 80 valence electrons. The molecule has 1 aromatic heterocycles. The molecule has 0 saturated heterocycles. The van der Waals surface area contributed by atoms with E-state index in [-0.39, 0.29) is 0 Å². The molecule has 0 saturated carbocycles. The van der Waals surface area contributed by atoms with Crippen LogP contribution in [0.3, 0.4) is 0 Å². The van der Waals surface area contributed by atoms with Gasteiger partial charge in [0.2, 0.25) is 5.95 Å². The summed E-state index contributed by atoms with van der Waals surface area (Å²) in [5.74, 6) is 0.689. The topological polar surface area (TPSA) is 48.3 Å². The second-order valence-electron chi connectivity index (χ2n) is 3.50. The summed E-state index contributed by atoms with van der Waals surface area (Å²) in [6, 6.07) is 0. The van der Waals surface area contributed by atoms with Gasteiger partial charge < -0.3 is 14.3 Å². The Morgan fingerprint density at radius 2 is 2.07 bits per heavy atom. The van der Waals surface area contributed by atoms with Crippen LogP contribution < -0.4 is 4.90 Å². The lowest BCUT2D eigenvalue weighted by Crippen LogP contribution is -2.24. The Morgan fingerprint density at radius 3 is 2.57 bits per heavy atom. The van der Waals surface area contributed by atoms with Gasteiger partial charge in [0.15, 0.2) is 0 Å². The molecule has 5 nitrogen and oxygen atoms in total. The molecule has 0 aliphatic heterocycles. The van der Waals surface area contributed by atoms with Gasteiger partial charge in [-0.25, -0.2) is 0 Å². The fourth-order valence-corrected chi connectivity index (χ4v) is 1.25. The molecule has 1 rings (SSSR count). The monoisotopic (exact) mass is 216 g/mol. The first-order chi connectivity index (χ1) is 6.59. The van der Waals surface area contributed by atoms with Crippen LogP contribution in [0.2, 0.25) is 0 Å².